The van der Waals surface area contributed by atoms with Crippen molar-refractivity contribution < 1.29 is 4.74 Å². The molecule has 0 spiro atoms. The fraction of sp³-hybridized carbons (Fsp3) is 0.462. The van der Waals surface area contributed by atoms with E-state index in [9.17, 15) is 5.21 Å². The molecule has 0 saturated carbocycles. The quantitative estimate of drug-likeness (QED) is 0.306. The van der Waals surface area contributed by atoms with Gasteiger partial charge in [0.1, 0.15) is 5.82 Å². The Morgan fingerprint density at radius 1 is 0.938 bits per heavy atom. The van der Waals surface area contributed by atoms with E-state index in [2.05, 4.69) is 70.2 Å². The first-order valence-electron chi connectivity index (χ1n) is 11.1. The van der Waals surface area contributed by atoms with Crippen molar-refractivity contribution in [2.75, 3.05) is 5.73 Å². The summed E-state index contributed by atoms with van der Waals surface area (Å²) in [5.41, 5.74) is 11.4. The van der Waals surface area contributed by atoms with Gasteiger partial charge in [0.05, 0.1) is 5.69 Å². The number of nitrogens with zero attached hydrogens (tertiary/aromatic N) is 4. The largest absolute Gasteiger partial charge is 0.621 e. The summed E-state index contributed by atoms with van der Waals surface area (Å²) < 4.78 is 1.08. The first-order chi connectivity index (χ1) is 14.7. The Hall–Kier alpha value is -3.02. The minimum atomic E-state index is -0.466. The van der Waals surface area contributed by atoms with E-state index in [1.807, 2.05) is 43.3 Å². The Morgan fingerprint density at radius 2 is 1.50 bits per heavy atom. The molecule has 172 valence electrons. The van der Waals surface area contributed by atoms with Crippen LogP contribution >= 0.6 is 0 Å². The molecule has 2 heterocycles. The molecule has 0 bridgehead atoms. The maximum Gasteiger partial charge on any atom is 0.322 e. The predicted octanol–water partition coefficient (Wildman–Crippen LogP) is 5.32. The van der Waals surface area contributed by atoms with Gasteiger partial charge in [-0.15, -0.1) is 0 Å². The number of nitrogen functional groups attached to an aromatic ring is 1. The number of benzene rings is 1. The van der Waals surface area contributed by atoms with E-state index in [0.29, 0.717) is 5.82 Å². The lowest BCUT2D eigenvalue weighted by Crippen LogP contribution is -2.58. The summed E-state index contributed by atoms with van der Waals surface area (Å²) in [6, 6.07) is 11.7. The van der Waals surface area contributed by atoms with Crippen molar-refractivity contribution in [1.82, 2.24) is 14.8 Å². The van der Waals surface area contributed by atoms with Crippen LogP contribution in [-0.4, -0.2) is 43.1 Å². The summed E-state index contributed by atoms with van der Waals surface area (Å²) in [4.78, 5) is 8.88. The van der Waals surface area contributed by atoms with Crippen molar-refractivity contribution in [1.29, 1.82) is 0 Å². The van der Waals surface area contributed by atoms with Gasteiger partial charge in [-0.05, 0) is 92.1 Å². The molecule has 32 heavy (non-hydrogen) atoms. The molecule has 0 atom stereocenters. The fourth-order valence-corrected chi connectivity index (χ4v) is 4.57. The standard InChI is InChI=1S/C26H37N5O/c1-17-13-22(28-23(27)14-17)21-12-10-11-20(15-21)16-29(32)24-30(25(4,5)6)18(2)19(3)31(24)26(7,8)9/h10-16,24H,1-9H3,(H2,27,28)/b29-16-. The van der Waals surface area contributed by atoms with Crippen LogP contribution in [0.4, 0.5) is 5.82 Å². The van der Waals surface area contributed by atoms with E-state index >= 15 is 0 Å². The van der Waals surface area contributed by atoms with Crippen LogP contribution in [0.15, 0.2) is 47.8 Å². The summed E-state index contributed by atoms with van der Waals surface area (Å²) in [6.07, 6.45) is 1.21. The molecule has 1 aliphatic heterocycles. The molecule has 1 aromatic heterocycles. The maximum absolute atomic E-state index is 13.7. The van der Waals surface area contributed by atoms with Crippen LogP contribution in [0.2, 0.25) is 0 Å². The number of aryl methyl sites for hydroxylation is 1. The lowest BCUT2D eigenvalue weighted by molar-refractivity contribution is -0.556. The molecule has 1 aliphatic rings. The average Bonchev–Trinajstić information content (AvgIpc) is 2.92. The fourth-order valence-electron chi connectivity index (χ4n) is 4.57. The summed E-state index contributed by atoms with van der Waals surface area (Å²) in [5.74, 6) is 0.490. The summed E-state index contributed by atoms with van der Waals surface area (Å²) in [6.45, 7) is 19.1. The Bertz CT molecular complexity index is 1020. The number of rotatable bonds is 3. The highest BCUT2D eigenvalue weighted by Gasteiger charge is 2.48. The van der Waals surface area contributed by atoms with Crippen molar-refractivity contribution in [3.05, 3.63) is 64.1 Å². The molecule has 0 radical (unpaired) electrons. The number of allylic oxidation sites excluding steroid dienone is 2. The third-order valence-electron chi connectivity index (χ3n) is 5.83. The van der Waals surface area contributed by atoms with Crippen molar-refractivity contribution in [2.24, 2.45) is 0 Å². The summed E-state index contributed by atoms with van der Waals surface area (Å²) in [5, 5.41) is 13.7. The van der Waals surface area contributed by atoms with Crippen LogP contribution < -0.4 is 5.73 Å². The van der Waals surface area contributed by atoms with Crippen molar-refractivity contribution >= 4 is 12.0 Å². The average molecular weight is 436 g/mol. The van der Waals surface area contributed by atoms with Gasteiger partial charge in [0.2, 0.25) is 0 Å². The van der Waals surface area contributed by atoms with Gasteiger partial charge in [0.25, 0.3) is 0 Å². The van der Waals surface area contributed by atoms with Crippen LogP contribution in [0.3, 0.4) is 0 Å². The third-order valence-corrected chi connectivity index (χ3v) is 5.83. The molecule has 2 aromatic rings. The molecule has 3 rings (SSSR count). The number of nitrogens with two attached hydrogens (primary N) is 1. The Labute approximate surface area is 192 Å². The molecule has 6 nitrogen and oxygen atoms in total. The molecular formula is C26H37N5O. The van der Waals surface area contributed by atoms with E-state index < -0.39 is 6.29 Å². The number of aromatic nitrogens is 1. The van der Waals surface area contributed by atoms with Crippen LogP contribution in [0.5, 0.6) is 0 Å². The zero-order valence-corrected chi connectivity index (χ0v) is 20.9. The first kappa shape index (κ1) is 23.6. The second kappa shape index (κ2) is 8.15. The van der Waals surface area contributed by atoms with Gasteiger partial charge >= 0.3 is 6.29 Å². The van der Waals surface area contributed by atoms with Crippen LogP contribution in [0.1, 0.15) is 66.5 Å². The van der Waals surface area contributed by atoms with Gasteiger partial charge in [0, 0.05) is 33.6 Å². The number of anilines is 1. The number of pyridine rings is 1. The van der Waals surface area contributed by atoms with Crippen molar-refractivity contribution in [2.45, 2.75) is 79.7 Å². The highest BCUT2D eigenvalue weighted by atomic mass is 16.5. The smallest absolute Gasteiger partial charge is 0.322 e. The molecule has 0 aliphatic carbocycles. The first-order valence-corrected chi connectivity index (χ1v) is 11.1. The SMILES string of the molecule is CC1=C(C)N(C(C)(C)C)C(/[N+]([O-])=C/c2cccc(-c3cc(C)cc(N)n3)c2)N1C(C)(C)C. The monoisotopic (exact) mass is 435 g/mol. The number of hydroxylamine groups is 1. The van der Waals surface area contributed by atoms with Crippen molar-refractivity contribution in [3.63, 3.8) is 0 Å². The van der Waals surface area contributed by atoms with E-state index in [1.165, 1.54) is 0 Å². The van der Waals surface area contributed by atoms with E-state index in [0.717, 1.165) is 38.5 Å². The van der Waals surface area contributed by atoms with E-state index in [1.54, 1.807) is 6.21 Å². The van der Waals surface area contributed by atoms with Crippen LogP contribution in [0.25, 0.3) is 11.3 Å². The van der Waals surface area contributed by atoms with Crippen LogP contribution in [0, 0.1) is 12.1 Å². The molecule has 0 fully saturated rings. The molecule has 6 heteroatoms. The second-order valence-electron chi connectivity index (χ2n) is 10.7. The highest BCUT2D eigenvalue weighted by Crippen LogP contribution is 2.39. The minimum absolute atomic E-state index is 0.211. The summed E-state index contributed by atoms with van der Waals surface area (Å²) >= 11 is 0. The second-order valence-corrected chi connectivity index (χ2v) is 10.7. The van der Waals surface area contributed by atoms with E-state index in [-0.39, 0.29) is 11.1 Å². The van der Waals surface area contributed by atoms with Gasteiger partial charge in [-0.1, -0.05) is 12.1 Å². The zero-order chi connectivity index (χ0) is 24.0. The van der Waals surface area contributed by atoms with Gasteiger partial charge in [-0.3, -0.25) is 9.80 Å². The normalized spacial score (nSPS) is 16.3. The van der Waals surface area contributed by atoms with Gasteiger partial charge in [0.15, 0.2) is 6.21 Å². The van der Waals surface area contributed by atoms with Crippen LogP contribution in [-0.2, 0) is 0 Å². The van der Waals surface area contributed by atoms with Gasteiger partial charge < -0.3 is 10.9 Å². The lowest BCUT2D eigenvalue weighted by Gasteiger charge is -2.43. The van der Waals surface area contributed by atoms with Crippen molar-refractivity contribution in [3.8, 4) is 11.3 Å². The Morgan fingerprint density at radius 3 is 2.00 bits per heavy atom. The Kier molecular flexibility index (Phi) is 6.02. The molecular weight excluding hydrogens is 398 g/mol. The molecule has 2 N–H and O–H groups in total. The van der Waals surface area contributed by atoms with Gasteiger partial charge in [-0.2, -0.15) is 4.74 Å². The lowest BCUT2D eigenvalue weighted by atomic mass is 10.0. The topological polar surface area (TPSA) is 71.5 Å². The molecule has 0 amide bonds. The van der Waals surface area contributed by atoms with E-state index in [4.69, 9.17) is 5.73 Å². The number of hydrogen-bond acceptors (Lipinski definition) is 5. The highest BCUT2D eigenvalue weighted by molar-refractivity contribution is 5.79. The number of hydrogen-bond donors (Lipinski definition) is 1. The molecule has 0 saturated heterocycles. The molecule has 1 aromatic carbocycles. The third kappa shape index (κ3) is 4.59. The summed E-state index contributed by atoms with van der Waals surface area (Å²) in [7, 11) is 0. The predicted molar refractivity (Wildman–Crippen MR) is 133 cm³/mol. The maximum atomic E-state index is 13.7. The zero-order valence-electron chi connectivity index (χ0n) is 20.9. The minimum Gasteiger partial charge on any atom is -0.621 e. The Balaban J connectivity index is 2.06. The van der Waals surface area contributed by atoms with Gasteiger partial charge in [-0.25, -0.2) is 4.98 Å². The molecule has 0 unspecified atom stereocenters.